The first-order valence-electron chi connectivity index (χ1n) is 8.77. The maximum atomic E-state index is 14.1. The number of thiophene rings is 1. The first-order chi connectivity index (χ1) is 12.6. The molecular formula is C19H21FN2O3S. The Morgan fingerprint density at radius 3 is 3.04 bits per heavy atom. The molecule has 0 saturated carbocycles. The number of carbonyl (C=O) groups is 1. The van der Waals surface area contributed by atoms with E-state index < -0.39 is 6.29 Å². The largest absolute Gasteiger partial charge is 0.460 e. The number of nitrogens with two attached hydrogens (primary N) is 1. The molecule has 0 unspecified atom stereocenters. The van der Waals surface area contributed by atoms with E-state index >= 15 is 0 Å². The van der Waals surface area contributed by atoms with Gasteiger partial charge in [0.2, 0.25) is 12.2 Å². The number of ether oxygens (including phenoxy) is 2. The minimum absolute atomic E-state index is 0.292. The second-order valence-electron chi connectivity index (χ2n) is 6.76. The minimum Gasteiger partial charge on any atom is -0.460 e. The lowest BCUT2D eigenvalue weighted by atomic mass is 9.99. The Morgan fingerprint density at radius 1 is 1.38 bits per heavy atom. The summed E-state index contributed by atoms with van der Waals surface area (Å²) in [4.78, 5) is 13.8. The van der Waals surface area contributed by atoms with Gasteiger partial charge in [-0.25, -0.2) is 4.39 Å². The third-order valence-electron chi connectivity index (χ3n) is 4.95. The first-order valence-corrected chi connectivity index (χ1v) is 9.71. The molecule has 1 aromatic heterocycles. The van der Waals surface area contributed by atoms with Crippen LogP contribution < -0.4 is 10.5 Å². The van der Waals surface area contributed by atoms with Crippen molar-refractivity contribution in [1.29, 1.82) is 0 Å². The number of amides is 1. The summed E-state index contributed by atoms with van der Waals surface area (Å²) in [6, 6.07) is 4.58. The van der Waals surface area contributed by atoms with Crippen LogP contribution in [0.1, 0.15) is 42.2 Å². The summed E-state index contributed by atoms with van der Waals surface area (Å²) in [7, 11) is 0. The Labute approximate surface area is 155 Å². The number of rotatable bonds is 4. The number of hydrogen-bond acceptors (Lipinski definition) is 5. The van der Waals surface area contributed by atoms with Crippen LogP contribution in [0, 0.1) is 5.82 Å². The molecule has 1 aromatic carbocycles. The van der Waals surface area contributed by atoms with Gasteiger partial charge < -0.3 is 15.2 Å². The van der Waals surface area contributed by atoms with Gasteiger partial charge in [0.05, 0.1) is 12.6 Å². The van der Waals surface area contributed by atoms with Gasteiger partial charge in [-0.1, -0.05) is 6.42 Å². The molecule has 138 valence electrons. The van der Waals surface area contributed by atoms with Gasteiger partial charge in [-0.3, -0.25) is 9.69 Å². The molecule has 2 aromatic rings. The molecule has 1 saturated heterocycles. The zero-order valence-electron chi connectivity index (χ0n) is 14.3. The van der Waals surface area contributed by atoms with E-state index in [1.165, 1.54) is 12.1 Å². The lowest BCUT2D eigenvalue weighted by Crippen LogP contribution is -2.47. The summed E-state index contributed by atoms with van der Waals surface area (Å²) in [5, 5.41) is 3.95. The van der Waals surface area contributed by atoms with Crippen LogP contribution in [0.25, 0.3) is 0 Å². The number of primary amides is 1. The van der Waals surface area contributed by atoms with Crippen molar-refractivity contribution < 1.29 is 18.7 Å². The quantitative estimate of drug-likeness (QED) is 0.889. The fraction of sp³-hybridized carbons (Fsp3) is 0.421. The molecule has 26 heavy (non-hydrogen) atoms. The maximum absolute atomic E-state index is 14.1. The number of likely N-dealkylation sites (tertiary alicyclic amines) is 1. The van der Waals surface area contributed by atoms with Gasteiger partial charge in [0, 0.05) is 28.6 Å². The number of benzene rings is 1. The van der Waals surface area contributed by atoms with Crippen LogP contribution in [0.15, 0.2) is 29.0 Å². The zero-order chi connectivity index (χ0) is 18.1. The van der Waals surface area contributed by atoms with E-state index in [0.717, 1.165) is 36.9 Å². The molecule has 1 fully saturated rings. The van der Waals surface area contributed by atoms with Crippen molar-refractivity contribution in [3.05, 3.63) is 51.5 Å². The Hall–Kier alpha value is -1.96. The Bertz CT molecular complexity index is 796. The van der Waals surface area contributed by atoms with E-state index in [2.05, 4.69) is 0 Å². The highest BCUT2D eigenvalue weighted by Crippen LogP contribution is 2.38. The first kappa shape index (κ1) is 17.5. The van der Waals surface area contributed by atoms with Gasteiger partial charge in [-0.05, 0) is 43.0 Å². The highest BCUT2D eigenvalue weighted by molar-refractivity contribution is 7.07. The maximum Gasteiger partial charge on any atom is 0.234 e. The normalized spacial score (nSPS) is 23.3. The molecule has 0 radical (unpaired) electrons. The number of carbonyl (C=O) groups excluding carboxylic acids is 1. The third kappa shape index (κ3) is 3.47. The molecule has 0 spiro atoms. The zero-order valence-corrected chi connectivity index (χ0v) is 15.1. The molecule has 2 atom stereocenters. The standard InChI is InChI=1S/C19H21FN2O3S/c20-15-7-13(9-22-5-2-1-3-16(22)18(21)23)17-14(8-15)10-24-19(25-17)12-4-6-26-11-12/h4,6-8,11,16,19H,1-3,5,9-10H2,(H2,21,23)/t16-,19+/m0/s1. The van der Waals surface area contributed by atoms with Crippen molar-refractivity contribution in [2.45, 2.75) is 44.7 Å². The monoisotopic (exact) mass is 376 g/mol. The SMILES string of the molecule is NC(=O)[C@@H]1CCCCN1Cc1cc(F)cc2c1O[C@H](c1ccsc1)OC2. The second kappa shape index (κ2) is 7.34. The molecule has 1 amide bonds. The van der Waals surface area contributed by atoms with Gasteiger partial charge in [0.15, 0.2) is 0 Å². The minimum atomic E-state index is -0.494. The van der Waals surface area contributed by atoms with Crippen molar-refractivity contribution in [3.63, 3.8) is 0 Å². The molecule has 3 heterocycles. The van der Waals surface area contributed by atoms with Crippen LogP contribution in [0.3, 0.4) is 0 Å². The summed E-state index contributed by atoms with van der Waals surface area (Å²) in [5.74, 6) is 0.00517. The van der Waals surface area contributed by atoms with Crippen LogP contribution in [0.2, 0.25) is 0 Å². The highest BCUT2D eigenvalue weighted by Gasteiger charge is 2.30. The van der Waals surface area contributed by atoms with Crippen molar-refractivity contribution in [3.8, 4) is 5.75 Å². The van der Waals surface area contributed by atoms with Gasteiger partial charge in [-0.15, -0.1) is 0 Å². The van der Waals surface area contributed by atoms with Crippen LogP contribution in [0.4, 0.5) is 4.39 Å². The molecule has 0 bridgehead atoms. The molecule has 4 rings (SSSR count). The fourth-order valence-corrected chi connectivity index (χ4v) is 4.35. The van der Waals surface area contributed by atoms with Gasteiger partial charge >= 0.3 is 0 Å². The number of piperidine rings is 1. The van der Waals surface area contributed by atoms with E-state index in [1.807, 2.05) is 21.7 Å². The Kier molecular flexibility index (Phi) is 4.93. The lowest BCUT2D eigenvalue weighted by molar-refractivity contribution is -0.125. The Balaban J connectivity index is 1.62. The number of hydrogen-bond donors (Lipinski definition) is 1. The van der Waals surface area contributed by atoms with E-state index in [-0.39, 0.29) is 17.8 Å². The molecule has 2 aliphatic rings. The van der Waals surface area contributed by atoms with E-state index in [1.54, 1.807) is 11.3 Å². The fourth-order valence-electron chi connectivity index (χ4n) is 3.69. The summed E-state index contributed by atoms with van der Waals surface area (Å²) in [5.41, 5.74) is 7.94. The van der Waals surface area contributed by atoms with Crippen LogP contribution in [0.5, 0.6) is 5.75 Å². The molecule has 5 nitrogen and oxygen atoms in total. The average Bonchev–Trinajstić information content (AvgIpc) is 3.16. The lowest BCUT2D eigenvalue weighted by Gasteiger charge is -2.35. The van der Waals surface area contributed by atoms with E-state index in [9.17, 15) is 9.18 Å². The van der Waals surface area contributed by atoms with E-state index in [4.69, 9.17) is 15.2 Å². The summed E-state index contributed by atoms with van der Waals surface area (Å²) < 4.78 is 25.9. The second-order valence-corrected chi connectivity index (χ2v) is 7.54. The molecule has 7 heteroatoms. The van der Waals surface area contributed by atoms with E-state index in [0.29, 0.717) is 24.5 Å². The summed E-state index contributed by atoms with van der Waals surface area (Å²) in [6.45, 7) is 1.49. The molecular weight excluding hydrogens is 355 g/mol. The van der Waals surface area contributed by atoms with Crippen LogP contribution in [-0.2, 0) is 22.7 Å². The number of halogens is 1. The van der Waals surface area contributed by atoms with Crippen molar-refractivity contribution in [2.24, 2.45) is 5.73 Å². The topological polar surface area (TPSA) is 64.8 Å². The van der Waals surface area contributed by atoms with Crippen molar-refractivity contribution in [2.75, 3.05) is 6.54 Å². The average molecular weight is 376 g/mol. The summed E-state index contributed by atoms with van der Waals surface area (Å²) >= 11 is 1.57. The highest BCUT2D eigenvalue weighted by atomic mass is 32.1. The third-order valence-corrected chi connectivity index (χ3v) is 5.65. The smallest absolute Gasteiger partial charge is 0.234 e. The van der Waals surface area contributed by atoms with Crippen molar-refractivity contribution in [1.82, 2.24) is 4.90 Å². The number of nitrogens with zero attached hydrogens (tertiary/aromatic N) is 1. The predicted octanol–water partition coefficient (Wildman–Crippen LogP) is 3.33. The van der Waals surface area contributed by atoms with Crippen LogP contribution in [-0.4, -0.2) is 23.4 Å². The van der Waals surface area contributed by atoms with Crippen LogP contribution >= 0.6 is 11.3 Å². The van der Waals surface area contributed by atoms with Gasteiger partial charge in [0.25, 0.3) is 0 Å². The number of fused-ring (bicyclic) bond motifs is 1. The molecule has 2 N–H and O–H groups in total. The van der Waals surface area contributed by atoms with Gasteiger partial charge in [-0.2, -0.15) is 11.3 Å². The van der Waals surface area contributed by atoms with Gasteiger partial charge in [0.1, 0.15) is 11.6 Å². The molecule has 0 aliphatic carbocycles. The predicted molar refractivity (Wildman–Crippen MR) is 96.1 cm³/mol. The van der Waals surface area contributed by atoms with Crippen molar-refractivity contribution >= 4 is 17.2 Å². The molecule has 2 aliphatic heterocycles. The summed E-state index contributed by atoms with van der Waals surface area (Å²) in [6.07, 6.45) is 2.24. The Morgan fingerprint density at radius 2 is 2.27 bits per heavy atom.